The van der Waals surface area contributed by atoms with Gasteiger partial charge in [0.1, 0.15) is 0 Å². The van der Waals surface area contributed by atoms with E-state index in [1.54, 1.807) is 6.92 Å². The summed E-state index contributed by atoms with van der Waals surface area (Å²) in [4.78, 5) is 23.7. The van der Waals surface area contributed by atoms with Crippen molar-refractivity contribution in [3.63, 3.8) is 0 Å². The number of amides is 1. The van der Waals surface area contributed by atoms with Crippen LogP contribution in [0.4, 0.5) is 0 Å². The monoisotopic (exact) mass is 226 g/mol. The van der Waals surface area contributed by atoms with Crippen LogP contribution in [0.25, 0.3) is 0 Å². The molecule has 0 aliphatic heterocycles. The van der Waals surface area contributed by atoms with Crippen molar-refractivity contribution in [2.75, 3.05) is 13.1 Å². The highest BCUT2D eigenvalue weighted by atomic mass is 16.4. The summed E-state index contributed by atoms with van der Waals surface area (Å²) in [7, 11) is 0. The molecule has 0 heterocycles. The molecule has 1 atom stereocenters. The summed E-state index contributed by atoms with van der Waals surface area (Å²) >= 11 is 0. The van der Waals surface area contributed by atoms with Gasteiger partial charge in [0.25, 0.3) is 0 Å². The lowest BCUT2D eigenvalue weighted by molar-refractivity contribution is -0.139. The van der Waals surface area contributed by atoms with Crippen molar-refractivity contribution in [1.29, 1.82) is 0 Å². The number of aliphatic carboxylic acids is 1. The average molecular weight is 226 g/mol. The summed E-state index contributed by atoms with van der Waals surface area (Å²) in [6, 6.07) is -0.526. The summed E-state index contributed by atoms with van der Waals surface area (Å²) in [6.07, 6.45) is 5.13. The van der Waals surface area contributed by atoms with E-state index >= 15 is 0 Å². The van der Waals surface area contributed by atoms with Crippen LogP contribution in [0.15, 0.2) is 0 Å². The molecular formula is C11H18N2O3. The van der Waals surface area contributed by atoms with Gasteiger partial charge in [-0.1, -0.05) is 5.92 Å². The van der Waals surface area contributed by atoms with Crippen LogP contribution in [-0.2, 0) is 9.59 Å². The van der Waals surface area contributed by atoms with E-state index in [-0.39, 0.29) is 25.0 Å². The van der Waals surface area contributed by atoms with Gasteiger partial charge in [-0.05, 0) is 20.8 Å². The number of rotatable bonds is 6. The van der Waals surface area contributed by atoms with E-state index in [1.807, 2.05) is 13.8 Å². The van der Waals surface area contributed by atoms with Crippen LogP contribution in [0.3, 0.4) is 0 Å². The molecule has 1 amide bonds. The third-order valence-electron chi connectivity index (χ3n) is 1.99. The Kier molecular flexibility index (Phi) is 6.19. The minimum atomic E-state index is -1.00. The first-order valence-electron chi connectivity index (χ1n) is 5.08. The molecule has 0 fully saturated rings. The maximum absolute atomic E-state index is 11.6. The minimum absolute atomic E-state index is 0.0208. The molecule has 0 aromatic rings. The van der Waals surface area contributed by atoms with Crippen molar-refractivity contribution in [2.45, 2.75) is 32.9 Å². The quantitative estimate of drug-likeness (QED) is 0.621. The lowest BCUT2D eigenvalue weighted by Crippen LogP contribution is -2.48. The third-order valence-corrected chi connectivity index (χ3v) is 1.99. The Labute approximate surface area is 95.8 Å². The third kappa shape index (κ3) is 5.37. The van der Waals surface area contributed by atoms with Crippen LogP contribution in [0, 0.1) is 12.3 Å². The number of hydrogen-bond donors (Lipinski definition) is 2. The average Bonchev–Trinajstić information content (AvgIpc) is 2.14. The van der Waals surface area contributed by atoms with Gasteiger partial charge in [-0.15, -0.1) is 6.42 Å². The van der Waals surface area contributed by atoms with Crippen LogP contribution < -0.4 is 5.32 Å². The molecule has 0 radical (unpaired) electrons. The van der Waals surface area contributed by atoms with Gasteiger partial charge in [-0.25, -0.2) is 0 Å². The summed E-state index contributed by atoms with van der Waals surface area (Å²) < 4.78 is 0. The number of carboxylic acid groups (broad SMARTS) is 1. The maximum atomic E-state index is 11.6. The molecule has 5 nitrogen and oxygen atoms in total. The number of nitrogens with one attached hydrogen (secondary N) is 1. The van der Waals surface area contributed by atoms with Crippen LogP contribution in [0.2, 0.25) is 0 Å². The topological polar surface area (TPSA) is 69.6 Å². The Morgan fingerprint density at radius 2 is 2.00 bits per heavy atom. The van der Waals surface area contributed by atoms with Crippen LogP contribution in [0.5, 0.6) is 0 Å². The summed E-state index contributed by atoms with van der Waals surface area (Å²) in [6.45, 7) is 5.22. The Bertz CT molecular complexity index is 294. The fourth-order valence-electron chi connectivity index (χ4n) is 1.19. The Balaban J connectivity index is 4.48. The molecule has 1 unspecified atom stereocenters. The van der Waals surface area contributed by atoms with Gasteiger partial charge in [0, 0.05) is 6.04 Å². The molecule has 0 aliphatic rings. The Hall–Kier alpha value is -1.54. The first-order valence-corrected chi connectivity index (χ1v) is 5.08. The first-order chi connectivity index (χ1) is 7.38. The van der Waals surface area contributed by atoms with Crippen molar-refractivity contribution in [1.82, 2.24) is 10.2 Å². The number of nitrogens with zero attached hydrogens (tertiary/aromatic N) is 1. The standard InChI is InChI=1S/C11H18N2O3/c1-5-6-13(7-10(14)15)9(4)11(16)12-8(2)3/h1,8-9H,6-7H2,2-4H3,(H,12,16)(H,14,15). The van der Waals surface area contributed by atoms with Gasteiger partial charge in [0.15, 0.2) is 0 Å². The molecule has 0 aromatic carbocycles. The molecule has 0 saturated carbocycles. The predicted octanol–water partition coefficient (Wildman–Crippen LogP) is -0.0807. The van der Waals surface area contributed by atoms with E-state index in [0.29, 0.717) is 0 Å². The Morgan fingerprint density at radius 1 is 1.44 bits per heavy atom. The van der Waals surface area contributed by atoms with Crippen LogP contribution in [-0.4, -0.2) is 47.1 Å². The van der Waals surface area contributed by atoms with Gasteiger partial charge in [0.05, 0.1) is 19.1 Å². The van der Waals surface area contributed by atoms with Crippen LogP contribution >= 0.6 is 0 Å². The number of carbonyl (C=O) groups is 2. The maximum Gasteiger partial charge on any atom is 0.317 e. The fraction of sp³-hybridized carbons (Fsp3) is 0.636. The molecule has 0 aromatic heterocycles. The van der Waals surface area contributed by atoms with E-state index in [4.69, 9.17) is 11.5 Å². The molecule has 0 rings (SSSR count). The molecule has 0 saturated heterocycles. The normalized spacial score (nSPS) is 12.2. The van der Waals surface area contributed by atoms with Crippen molar-refractivity contribution in [3.05, 3.63) is 0 Å². The van der Waals surface area contributed by atoms with Crippen molar-refractivity contribution in [3.8, 4) is 12.3 Å². The van der Waals surface area contributed by atoms with E-state index < -0.39 is 12.0 Å². The summed E-state index contributed by atoms with van der Waals surface area (Å²) in [5.74, 6) is 1.13. The number of carboxylic acids is 1. The minimum Gasteiger partial charge on any atom is -0.480 e. The molecule has 90 valence electrons. The zero-order chi connectivity index (χ0) is 12.7. The highest BCUT2D eigenvalue weighted by molar-refractivity contribution is 5.82. The number of terminal acetylenes is 1. The predicted molar refractivity (Wildman–Crippen MR) is 60.8 cm³/mol. The van der Waals surface area contributed by atoms with Crippen molar-refractivity contribution in [2.24, 2.45) is 0 Å². The molecule has 0 bridgehead atoms. The van der Waals surface area contributed by atoms with Gasteiger partial charge in [-0.3, -0.25) is 14.5 Å². The highest BCUT2D eigenvalue weighted by Crippen LogP contribution is 1.99. The molecule has 0 spiro atoms. The Morgan fingerprint density at radius 3 is 2.38 bits per heavy atom. The van der Waals surface area contributed by atoms with Crippen molar-refractivity contribution < 1.29 is 14.7 Å². The molecule has 16 heavy (non-hydrogen) atoms. The smallest absolute Gasteiger partial charge is 0.317 e. The second kappa shape index (κ2) is 6.85. The summed E-state index contributed by atoms with van der Waals surface area (Å²) in [5.41, 5.74) is 0. The second-order valence-corrected chi connectivity index (χ2v) is 3.84. The lowest BCUT2D eigenvalue weighted by atomic mass is 10.2. The van der Waals surface area contributed by atoms with E-state index in [1.165, 1.54) is 4.90 Å². The van der Waals surface area contributed by atoms with E-state index in [2.05, 4.69) is 11.2 Å². The SMILES string of the molecule is C#CCN(CC(=O)O)C(C)C(=O)NC(C)C. The number of hydrogen-bond acceptors (Lipinski definition) is 3. The fourth-order valence-corrected chi connectivity index (χ4v) is 1.19. The largest absolute Gasteiger partial charge is 0.480 e. The molecule has 5 heteroatoms. The van der Waals surface area contributed by atoms with Gasteiger partial charge in [0.2, 0.25) is 5.91 Å². The first kappa shape index (κ1) is 14.5. The molecule has 2 N–H and O–H groups in total. The van der Waals surface area contributed by atoms with Gasteiger partial charge in [-0.2, -0.15) is 0 Å². The van der Waals surface area contributed by atoms with Gasteiger partial charge >= 0.3 is 5.97 Å². The summed E-state index contributed by atoms with van der Waals surface area (Å²) in [5, 5.41) is 11.4. The molecular weight excluding hydrogens is 208 g/mol. The number of carbonyl (C=O) groups excluding carboxylic acids is 1. The lowest BCUT2D eigenvalue weighted by Gasteiger charge is -2.25. The van der Waals surface area contributed by atoms with Crippen molar-refractivity contribution >= 4 is 11.9 Å². The zero-order valence-electron chi connectivity index (χ0n) is 9.86. The zero-order valence-corrected chi connectivity index (χ0v) is 9.86. The molecule has 0 aliphatic carbocycles. The van der Waals surface area contributed by atoms with Gasteiger partial charge < -0.3 is 10.4 Å². The van der Waals surface area contributed by atoms with E-state index in [9.17, 15) is 9.59 Å². The van der Waals surface area contributed by atoms with Crippen LogP contribution in [0.1, 0.15) is 20.8 Å². The highest BCUT2D eigenvalue weighted by Gasteiger charge is 2.22. The second-order valence-electron chi connectivity index (χ2n) is 3.84. The van der Waals surface area contributed by atoms with E-state index in [0.717, 1.165) is 0 Å².